The Kier molecular flexibility index (Phi) is 6.07. The molecule has 0 radical (unpaired) electrons. The number of aryl methyl sites for hydroxylation is 1. The molecule has 5 nitrogen and oxygen atoms in total. The minimum absolute atomic E-state index is 0.0392. The molecule has 0 heterocycles. The Bertz CT molecular complexity index is 969. The first-order valence-corrected chi connectivity index (χ1v) is 8.89. The number of aromatic carboxylic acids is 1. The number of benzene rings is 3. The maximum atomic E-state index is 13.0. The van der Waals surface area contributed by atoms with Gasteiger partial charge in [0.05, 0.1) is 18.2 Å². The summed E-state index contributed by atoms with van der Waals surface area (Å²) in [6.07, 6.45) is 0. The van der Waals surface area contributed by atoms with Gasteiger partial charge in [0.15, 0.2) is 6.61 Å². The van der Waals surface area contributed by atoms with E-state index in [1.165, 1.54) is 11.0 Å². The second kappa shape index (κ2) is 8.86. The topological polar surface area (TPSA) is 69.7 Å². The lowest BCUT2D eigenvalue weighted by molar-refractivity contribution is -0.254. The standard InChI is InChI=1S/C23H21NO4/c1-17-9-5-8-14-21(17)28-16-22(25)24(15-18-10-3-2-4-11-18)20-13-7-6-12-19(20)23(26)27/h2-14H,15-16H2,1H3,(H,26,27)/p-1. The first kappa shape index (κ1) is 19.2. The summed E-state index contributed by atoms with van der Waals surface area (Å²) in [6, 6.07) is 23.1. The van der Waals surface area contributed by atoms with Gasteiger partial charge in [0, 0.05) is 5.56 Å². The third-order valence-electron chi connectivity index (χ3n) is 4.34. The molecule has 1 amide bonds. The van der Waals surface area contributed by atoms with Crippen LogP contribution < -0.4 is 14.7 Å². The number of hydrogen-bond donors (Lipinski definition) is 0. The van der Waals surface area contributed by atoms with E-state index in [0.29, 0.717) is 5.75 Å². The second-order valence-electron chi connectivity index (χ2n) is 6.32. The van der Waals surface area contributed by atoms with Crippen LogP contribution in [0.5, 0.6) is 5.75 Å². The monoisotopic (exact) mass is 374 g/mol. The van der Waals surface area contributed by atoms with Crippen LogP contribution in [0.2, 0.25) is 0 Å². The van der Waals surface area contributed by atoms with Crippen LogP contribution in [-0.4, -0.2) is 18.5 Å². The zero-order valence-electron chi connectivity index (χ0n) is 15.5. The average Bonchev–Trinajstić information content (AvgIpc) is 2.72. The van der Waals surface area contributed by atoms with Crippen LogP contribution in [0.1, 0.15) is 21.5 Å². The van der Waals surface area contributed by atoms with Crippen LogP contribution >= 0.6 is 0 Å². The highest BCUT2D eigenvalue weighted by atomic mass is 16.5. The number of nitrogens with zero attached hydrogens (tertiary/aromatic N) is 1. The molecule has 0 aliphatic rings. The van der Waals surface area contributed by atoms with Crippen molar-refractivity contribution in [2.75, 3.05) is 11.5 Å². The molecule has 0 bridgehead atoms. The van der Waals surface area contributed by atoms with Gasteiger partial charge in [0.1, 0.15) is 5.75 Å². The highest BCUT2D eigenvalue weighted by molar-refractivity contribution is 6.01. The van der Waals surface area contributed by atoms with E-state index < -0.39 is 5.97 Å². The largest absolute Gasteiger partial charge is 0.545 e. The summed E-state index contributed by atoms with van der Waals surface area (Å²) < 4.78 is 5.68. The lowest BCUT2D eigenvalue weighted by Gasteiger charge is -2.26. The Balaban J connectivity index is 1.89. The zero-order valence-corrected chi connectivity index (χ0v) is 15.5. The van der Waals surface area contributed by atoms with E-state index in [4.69, 9.17) is 4.74 Å². The van der Waals surface area contributed by atoms with Gasteiger partial charge >= 0.3 is 0 Å². The summed E-state index contributed by atoms with van der Waals surface area (Å²) >= 11 is 0. The number of ether oxygens (including phenoxy) is 1. The van der Waals surface area contributed by atoms with Crippen molar-refractivity contribution in [3.8, 4) is 5.75 Å². The van der Waals surface area contributed by atoms with Gasteiger partial charge in [-0.25, -0.2) is 0 Å². The molecule has 3 aromatic carbocycles. The van der Waals surface area contributed by atoms with Crippen molar-refractivity contribution in [2.24, 2.45) is 0 Å². The summed E-state index contributed by atoms with van der Waals surface area (Å²) in [5.74, 6) is -1.06. The first-order chi connectivity index (χ1) is 13.6. The highest BCUT2D eigenvalue weighted by Crippen LogP contribution is 2.23. The minimum atomic E-state index is -1.33. The van der Waals surface area contributed by atoms with E-state index in [-0.39, 0.29) is 30.3 Å². The van der Waals surface area contributed by atoms with Gasteiger partial charge in [-0.2, -0.15) is 0 Å². The molecule has 0 saturated carbocycles. The summed E-state index contributed by atoms with van der Waals surface area (Å²) in [4.78, 5) is 26.0. The van der Waals surface area contributed by atoms with E-state index >= 15 is 0 Å². The van der Waals surface area contributed by atoms with Gasteiger partial charge in [-0.1, -0.05) is 66.7 Å². The number of para-hydroxylation sites is 2. The highest BCUT2D eigenvalue weighted by Gasteiger charge is 2.20. The number of rotatable bonds is 7. The van der Waals surface area contributed by atoms with Gasteiger partial charge in [-0.05, 0) is 30.2 Å². The van der Waals surface area contributed by atoms with E-state index in [2.05, 4.69) is 0 Å². The van der Waals surface area contributed by atoms with Gasteiger partial charge in [-0.3, -0.25) is 4.79 Å². The fraction of sp³-hybridized carbons (Fsp3) is 0.130. The lowest BCUT2D eigenvalue weighted by Crippen LogP contribution is -2.36. The van der Waals surface area contributed by atoms with Crippen LogP contribution in [0, 0.1) is 6.92 Å². The molecule has 0 spiro atoms. The number of carboxylic acid groups (broad SMARTS) is 1. The van der Waals surface area contributed by atoms with E-state index in [9.17, 15) is 14.7 Å². The van der Waals surface area contributed by atoms with Crippen LogP contribution in [-0.2, 0) is 11.3 Å². The molecule has 0 aliphatic carbocycles. The van der Waals surface area contributed by atoms with Crippen LogP contribution in [0.4, 0.5) is 5.69 Å². The fourth-order valence-corrected chi connectivity index (χ4v) is 2.89. The van der Waals surface area contributed by atoms with Gasteiger partial charge in [0.25, 0.3) is 5.91 Å². The molecule has 3 rings (SSSR count). The Morgan fingerprint density at radius 1 is 0.893 bits per heavy atom. The second-order valence-corrected chi connectivity index (χ2v) is 6.32. The van der Waals surface area contributed by atoms with Gasteiger partial charge < -0.3 is 19.5 Å². The van der Waals surface area contributed by atoms with Crippen molar-refractivity contribution in [3.05, 3.63) is 95.6 Å². The molecule has 142 valence electrons. The SMILES string of the molecule is Cc1ccccc1OCC(=O)N(Cc1ccccc1)c1ccccc1C(=O)[O-]. The molecular formula is C23H20NO4-. The zero-order chi connectivity index (χ0) is 19.9. The average molecular weight is 374 g/mol. The van der Waals surface area contributed by atoms with Gasteiger partial charge in [-0.15, -0.1) is 0 Å². The molecule has 28 heavy (non-hydrogen) atoms. The molecule has 0 N–H and O–H groups in total. The van der Waals surface area contributed by atoms with Crippen molar-refractivity contribution >= 4 is 17.6 Å². The molecule has 5 heteroatoms. The van der Waals surface area contributed by atoms with E-state index in [0.717, 1.165) is 11.1 Å². The maximum Gasteiger partial charge on any atom is 0.265 e. The molecule has 0 fully saturated rings. The minimum Gasteiger partial charge on any atom is -0.545 e. The number of carbonyl (C=O) groups is 2. The number of carboxylic acids is 1. The molecular weight excluding hydrogens is 354 g/mol. The summed E-state index contributed by atoms with van der Waals surface area (Å²) in [5.41, 5.74) is 2.03. The summed E-state index contributed by atoms with van der Waals surface area (Å²) in [6.45, 7) is 1.91. The number of amides is 1. The van der Waals surface area contributed by atoms with E-state index in [1.54, 1.807) is 24.3 Å². The predicted molar refractivity (Wildman–Crippen MR) is 105 cm³/mol. The van der Waals surface area contributed by atoms with Crippen LogP contribution in [0.15, 0.2) is 78.9 Å². The molecule has 0 saturated heterocycles. The maximum absolute atomic E-state index is 13.0. The number of anilines is 1. The van der Waals surface area contributed by atoms with Crippen molar-refractivity contribution in [3.63, 3.8) is 0 Å². The normalized spacial score (nSPS) is 10.3. The van der Waals surface area contributed by atoms with Crippen molar-refractivity contribution < 1.29 is 19.4 Å². The van der Waals surface area contributed by atoms with Crippen LogP contribution in [0.3, 0.4) is 0 Å². The third-order valence-corrected chi connectivity index (χ3v) is 4.34. The Hall–Kier alpha value is -3.60. The smallest absolute Gasteiger partial charge is 0.265 e. The lowest BCUT2D eigenvalue weighted by atomic mass is 10.1. The molecule has 0 aliphatic heterocycles. The van der Waals surface area contributed by atoms with E-state index in [1.807, 2.05) is 55.5 Å². The molecule has 3 aromatic rings. The van der Waals surface area contributed by atoms with Crippen LogP contribution in [0.25, 0.3) is 0 Å². The third kappa shape index (κ3) is 4.57. The Labute approximate surface area is 163 Å². The first-order valence-electron chi connectivity index (χ1n) is 8.89. The predicted octanol–water partition coefficient (Wildman–Crippen LogP) is 2.97. The molecule has 0 unspecified atom stereocenters. The van der Waals surface area contributed by atoms with Gasteiger partial charge in [0.2, 0.25) is 0 Å². The Morgan fingerprint density at radius 3 is 2.25 bits per heavy atom. The fourth-order valence-electron chi connectivity index (χ4n) is 2.89. The van der Waals surface area contributed by atoms with Crippen molar-refractivity contribution in [1.82, 2.24) is 0 Å². The summed E-state index contributed by atoms with van der Waals surface area (Å²) in [5, 5.41) is 11.5. The van der Waals surface area contributed by atoms with Crippen molar-refractivity contribution in [2.45, 2.75) is 13.5 Å². The number of hydrogen-bond acceptors (Lipinski definition) is 4. The Morgan fingerprint density at radius 2 is 1.54 bits per heavy atom. The molecule has 0 aromatic heterocycles. The molecule has 0 atom stereocenters. The number of carbonyl (C=O) groups excluding carboxylic acids is 2. The quantitative estimate of drug-likeness (QED) is 0.638. The van der Waals surface area contributed by atoms with Crippen molar-refractivity contribution in [1.29, 1.82) is 0 Å². The summed E-state index contributed by atoms with van der Waals surface area (Å²) in [7, 11) is 0.